The lowest BCUT2D eigenvalue weighted by Gasteiger charge is -2.34. The molecule has 1 amide bonds. The van der Waals surface area contributed by atoms with Gasteiger partial charge in [-0.1, -0.05) is 6.07 Å². The van der Waals surface area contributed by atoms with Crippen molar-refractivity contribution in [1.29, 1.82) is 0 Å². The molecule has 1 fully saturated rings. The molecule has 0 aliphatic carbocycles. The summed E-state index contributed by atoms with van der Waals surface area (Å²) >= 11 is 1.74. The summed E-state index contributed by atoms with van der Waals surface area (Å²) in [6, 6.07) is 5.87. The van der Waals surface area contributed by atoms with E-state index in [-0.39, 0.29) is 11.7 Å². The Morgan fingerprint density at radius 1 is 1.44 bits per heavy atom. The largest absolute Gasteiger partial charge is 0.369 e. The SMILES string of the molecule is O=C(CCCc1cccs1)NCC1CCCN(c2ccncc2F)C1. The molecule has 25 heavy (non-hydrogen) atoms. The summed E-state index contributed by atoms with van der Waals surface area (Å²) in [5.41, 5.74) is 0.613. The molecule has 1 N–H and O–H groups in total. The van der Waals surface area contributed by atoms with Crippen LogP contribution in [0.5, 0.6) is 0 Å². The van der Waals surface area contributed by atoms with Gasteiger partial charge in [0, 0.05) is 37.1 Å². The molecular weight excluding hydrogens is 337 g/mol. The number of carbonyl (C=O) groups excluding carboxylic acids is 1. The van der Waals surface area contributed by atoms with Crippen LogP contribution >= 0.6 is 11.3 Å². The first kappa shape index (κ1) is 17.9. The fourth-order valence-electron chi connectivity index (χ4n) is 3.30. The molecule has 0 saturated carbocycles. The molecule has 0 aromatic carbocycles. The number of rotatable bonds is 7. The van der Waals surface area contributed by atoms with Gasteiger partial charge in [-0.2, -0.15) is 0 Å². The summed E-state index contributed by atoms with van der Waals surface area (Å²) in [6.07, 6.45) is 7.37. The lowest BCUT2D eigenvalue weighted by molar-refractivity contribution is -0.121. The van der Waals surface area contributed by atoms with Crippen LogP contribution in [0, 0.1) is 11.7 Å². The van der Waals surface area contributed by atoms with E-state index >= 15 is 0 Å². The number of piperidine rings is 1. The van der Waals surface area contributed by atoms with E-state index in [0.717, 1.165) is 38.8 Å². The first-order chi connectivity index (χ1) is 12.2. The number of nitrogens with one attached hydrogen (secondary N) is 1. The maximum Gasteiger partial charge on any atom is 0.220 e. The van der Waals surface area contributed by atoms with Crippen molar-refractivity contribution in [2.24, 2.45) is 5.92 Å². The van der Waals surface area contributed by atoms with Crippen LogP contribution in [0.1, 0.15) is 30.6 Å². The highest BCUT2D eigenvalue weighted by Gasteiger charge is 2.22. The van der Waals surface area contributed by atoms with E-state index < -0.39 is 0 Å². The van der Waals surface area contributed by atoms with Gasteiger partial charge in [-0.15, -0.1) is 11.3 Å². The second-order valence-electron chi connectivity index (χ2n) is 6.52. The summed E-state index contributed by atoms with van der Waals surface area (Å²) < 4.78 is 13.9. The van der Waals surface area contributed by atoms with Gasteiger partial charge in [0.05, 0.1) is 11.9 Å². The number of hydrogen-bond acceptors (Lipinski definition) is 4. The van der Waals surface area contributed by atoms with Crippen molar-refractivity contribution in [1.82, 2.24) is 10.3 Å². The van der Waals surface area contributed by atoms with E-state index in [1.807, 2.05) is 6.07 Å². The van der Waals surface area contributed by atoms with Gasteiger partial charge in [0.15, 0.2) is 5.82 Å². The molecule has 1 unspecified atom stereocenters. The molecule has 134 valence electrons. The molecule has 3 heterocycles. The zero-order valence-corrected chi connectivity index (χ0v) is 15.1. The highest BCUT2D eigenvalue weighted by Crippen LogP contribution is 2.24. The summed E-state index contributed by atoms with van der Waals surface area (Å²) in [5, 5.41) is 5.12. The van der Waals surface area contributed by atoms with Gasteiger partial charge in [-0.05, 0) is 49.1 Å². The molecule has 2 aromatic heterocycles. The summed E-state index contributed by atoms with van der Waals surface area (Å²) in [5.74, 6) is 0.201. The predicted octanol–water partition coefficient (Wildman–Crippen LogP) is 3.64. The predicted molar refractivity (Wildman–Crippen MR) is 99.4 cm³/mol. The van der Waals surface area contributed by atoms with Crippen LogP contribution in [0.2, 0.25) is 0 Å². The molecule has 0 bridgehead atoms. The van der Waals surface area contributed by atoms with Crippen LogP contribution in [0.4, 0.5) is 10.1 Å². The van der Waals surface area contributed by atoms with E-state index in [1.54, 1.807) is 23.6 Å². The van der Waals surface area contributed by atoms with Crippen LogP contribution in [0.15, 0.2) is 36.0 Å². The highest BCUT2D eigenvalue weighted by atomic mass is 32.1. The van der Waals surface area contributed by atoms with Gasteiger partial charge in [-0.3, -0.25) is 9.78 Å². The average molecular weight is 361 g/mol. The minimum Gasteiger partial charge on any atom is -0.369 e. The van der Waals surface area contributed by atoms with Crippen molar-refractivity contribution >= 4 is 22.9 Å². The molecular formula is C19H24FN3OS. The number of aromatic nitrogens is 1. The van der Waals surface area contributed by atoms with Crippen molar-refractivity contribution in [2.45, 2.75) is 32.1 Å². The molecule has 1 aliphatic rings. The Morgan fingerprint density at radius 3 is 3.16 bits per heavy atom. The highest BCUT2D eigenvalue weighted by molar-refractivity contribution is 7.09. The molecule has 2 aromatic rings. The Bertz CT molecular complexity index is 677. The molecule has 0 spiro atoms. The van der Waals surface area contributed by atoms with Gasteiger partial charge in [0.1, 0.15) is 0 Å². The van der Waals surface area contributed by atoms with Crippen molar-refractivity contribution in [3.05, 3.63) is 46.7 Å². The van der Waals surface area contributed by atoms with Crippen LogP contribution in [-0.4, -0.2) is 30.5 Å². The molecule has 1 saturated heterocycles. The van der Waals surface area contributed by atoms with Crippen LogP contribution in [0.25, 0.3) is 0 Å². The quantitative estimate of drug-likeness (QED) is 0.819. The third-order valence-corrected chi connectivity index (χ3v) is 5.54. The number of amides is 1. The lowest BCUT2D eigenvalue weighted by Crippen LogP contribution is -2.41. The van der Waals surface area contributed by atoms with E-state index in [4.69, 9.17) is 0 Å². The first-order valence-electron chi connectivity index (χ1n) is 8.86. The monoisotopic (exact) mass is 361 g/mol. The van der Waals surface area contributed by atoms with E-state index in [9.17, 15) is 9.18 Å². The number of aryl methyl sites for hydroxylation is 1. The smallest absolute Gasteiger partial charge is 0.220 e. The number of pyridine rings is 1. The number of hydrogen-bond donors (Lipinski definition) is 1. The molecule has 1 aliphatic heterocycles. The van der Waals surface area contributed by atoms with Crippen molar-refractivity contribution in [3.63, 3.8) is 0 Å². The lowest BCUT2D eigenvalue weighted by atomic mass is 9.97. The molecule has 6 heteroatoms. The van der Waals surface area contributed by atoms with Crippen LogP contribution in [-0.2, 0) is 11.2 Å². The summed E-state index contributed by atoms with van der Waals surface area (Å²) in [4.78, 5) is 19.2. The van der Waals surface area contributed by atoms with E-state index in [1.165, 1.54) is 11.1 Å². The Balaban J connectivity index is 1.40. The summed E-state index contributed by atoms with van der Waals surface area (Å²) in [6.45, 7) is 2.30. The summed E-state index contributed by atoms with van der Waals surface area (Å²) in [7, 11) is 0. The maximum absolute atomic E-state index is 13.9. The number of halogens is 1. The molecule has 1 atom stereocenters. The Hall–Kier alpha value is -1.95. The Labute approximate surface area is 152 Å². The number of anilines is 1. The Morgan fingerprint density at radius 2 is 2.36 bits per heavy atom. The second kappa shape index (κ2) is 8.94. The topological polar surface area (TPSA) is 45.2 Å². The molecule has 4 nitrogen and oxygen atoms in total. The van der Waals surface area contributed by atoms with E-state index in [2.05, 4.69) is 26.6 Å². The van der Waals surface area contributed by atoms with Gasteiger partial charge in [-0.25, -0.2) is 4.39 Å². The fourth-order valence-corrected chi connectivity index (χ4v) is 4.05. The number of thiophene rings is 1. The maximum atomic E-state index is 13.9. The number of nitrogens with zero attached hydrogens (tertiary/aromatic N) is 2. The first-order valence-corrected chi connectivity index (χ1v) is 9.74. The third-order valence-electron chi connectivity index (χ3n) is 4.61. The standard InChI is InChI=1S/C19H24FN3OS/c20-17-13-21-9-8-18(17)23-10-2-4-15(14-23)12-22-19(24)7-1-5-16-6-3-11-25-16/h3,6,8-9,11,13,15H,1-2,4-5,7,10,12,14H2,(H,22,24). The zero-order chi connectivity index (χ0) is 17.5. The minimum atomic E-state index is -0.277. The van der Waals surface area contributed by atoms with Crippen LogP contribution < -0.4 is 10.2 Å². The third kappa shape index (κ3) is 5.26. The van der Waals surface area contributed by atoms with Crippen LogP contribution in [0.3, 0.4) is 0 Å². The van der Waals surface area contributed by atoms with Gasteiger partial charge in [0.25, 0.3) is 0 Å². The van der Waals surface area contributed by atoms with Crippen molar-refractivity contribution < 1.29 is 9.18 Å². The second-order valence-corrected chi connectivity index (χ2v) is 7.55. The van der Waals surface area contributed by atoms with Crippen molar-refractivity contribution in [2.75, 3.05) is 24.5 Å². The normalized spacial score (nSPS) is 17.5. The molecule has 0 radical (unpaired) electrons. The zero-order valence-electron chi connectivity index (χ0n) is 14.3. The fraction of sp³-hybridized carbons (Fsp3) is 0.474. The van der Waals surface area contributed by atoms with Crippen molar-refractivity contribution in [3.8, 4) is 0 Å². The number of carbonyl (C=O) groups is 1. The van der Waals surface area contributed by atoms with Gasteiger partial charge in [0.2, 0.25) is 5.91 Å². The Kier molecular flexibility index (Phi) is 6.39. The van der Waals surface area contributed by atoms with Gasteiger partial charge < -0.3 is 10.2 Å². The van der Waals surface area contributed by atoms with E-state index in [0.29, 0.717) is 24.6 Å². The average Bonchev–Trinajstić information content (AvgIpc) is 3.14. The minimum absolute atomic E-state index is 0.115. The molecule has 3 rings (SSSR count). The van der Waals surface area contributed by atoms with Gasteiger partial charge >= 0.3 is 0 Å².